The van der Waals surface area contributed by atoms with Crippen LogP contribution in [0.5, 0.6) is 0 Å². The summed E-state index contributed by atoms with van der Waals surface area (Å²) < 4.78 is 5.13. The minimum atomic E-state index is -0.974. The SMILES string of the molecule is CC(C)(C)OC(=O)N[C@H](C(=O)O)C1CCCCCC1. The molecule has 0 bridgehead atoms. The number of nitrogens with one attached hydrogen (secondary N) is 1. The van der Waals surface area contributed by atoms with Crippen molar-refractivity contribution in [3.63, 3.8) is 0 Å². The molecule has 110 valence electrons. The topological polar surface area (TPSA) is 75.6 Å². The minimum Gasteiger partial charge on any atom is -0.480 e. The second-order valence-corrected chi connectivity index (χ2v) is 6.21. The van der Waals surface area contributed by atoms with Crippen LogP contribution < -0.4 is 5.32 Å². The van der Waals surface area contributed by atoms with E-state index in [1.54, 1.807) is 20.8 Å². The molecule has 0 aromatic heterocycles. The fraction of sp³-hybridized carbons (Fsp3) is 0.857. The van der Waals surface area contributed by atoms with Gasteiger partial charge in [-0.15, -0.1) is 0 Å². The Morgan fingerprint density at radius 3 is 2.11 bits per heavy atom. The Balaban J connectivity index is 2.61. The van der Waals surface area contributed by atoms with Crippen molar-refractivity contribution in [1.29, 1.82) is 0 Å². The van der Waals surface area contributed by atoms with E-state index in [1.165, 1.54) is 0 Å². The van der Waals surface area contributed by atoms with Crippen LogP contribution in [0.2, 0.25) is 0 Å². The highest BCUT2D eigenvalue weighted by Crippen LogP contribution is 2.26. The summed E-state index contributed by atoms with van der Waals surface area (Å²) in [5.74, 6) is -0.967. The number of alkyl carbamates (subject to hydrolysis) is 1. The summed E-state index contributed by atoms with van der Waals surface area (Å²) in [4.78, 5) is 23.0. The van der Waals surface area contributed by atoms with Crippen molar-refractivity contribution >= 4 is 12.1 Å². The van der Waals surface area contributed by atoms with Crippen LogP contribution in [0.3, 0.4) is 0 Å². The molecule has 0 radical (unpaired) electrons. The van der Waals surface area contributed by atoms with Crippen LogP contribution in [-0.2, 0) is 9.53 Å². The molecule has 0 saturated heterocycles. The first-order valence-electron chi connectivity index (χ1n) is 7.02. The van der Waals surface area contributed by atoms with Gasteiger partial charge in [0, 0.05) is 0 Å². The lowest BCUT2D eigenvalue weighted by Crippen LogP contribution is -2.47. The van der Waals surface area contributed by atoms with E-state index in [1.807, 2.05) is 0 Å². The molecule has 1 amide bonds. The van der Waals surface area contributed by atoms with Crippen molar-refractivity contribution in [2.45, 2.75) is 70.9 Å². The van der Waals surface area contributed by atoms with E-state index in [4.69, 9.17) is 4.74 Å². The van der Waals surface area contributed by atoms with Gasteiger partial charge in [-0.3, -0.25) is 0 Å². The van der Waals surface area contributed by atoms with Gasteiger partial charge in [0.15, 0.2) is 0 Å². The van der Waals surface area contributed by atoms with Gasteiger partial charge in [0.1, 0.15) is 11.6 Å². The summed E-state index contributed by atoms with van der Waals surface area (Å²) in [5, 5.41) is 11.8. The fourth-order valence-corrected chi connectivity index (χ4v) is 2.46. The Hall–Kier alpha value is -1.26. The molecule has 1 atom stereocenters. The van der Waals surface area contributed by atoms with Crippen LogP contribution in [0.1, 0.15) is 59.3 Å². The van der Waals surface area contributed by atoms with Gasteiger partial charge < -0.3 is 15.2 Å². The Labute approximate surface area is 114 Å². The third kappa shape index (κ3) is 5.94. The largest absolute Gasteiger partial charge is 0.480 e. The maximum absolute atomic E-state index is 11.7. The van der Waals surface area contributed by atoms with Crippen LogP contribution in [0.4, 0.5) is 4.79 Å². The lowest BCUT2D eigenvalue weighted by Gasteiger charge is -2.26. The summed E-state index contributed by atoms with van der Waals surface area (Å²) in [6.45, 7) is 5.27. The van der Waals surface area contributed by atoms with Crippen LogP contribution in [0.25, 0.3) is 0 Å². The number of rotatable bonds is 3. The number of carbonyl (C=O) groups excluding carboxylic acids is 1. The predicted octanol–water partition coefficient (Wildman–Crippen LogP) is 2.93. The summed E-state index contributed by atoms with van der Waals surface area (Å²) >= 11 is 0. The summed E-state index contributed by atoms with van der Waals surface area (Å²) in [6.07, 6.45) is 5.42. The number of carboxylic acid groups (broad SMARTS) is 1. The van der Waals surface area contributed by atoms with Gasteiger partial charge in [-0.1, -0.05) is 25.7 Å². The molecule has 1 saturated carbocycles. The summed E-state index contributed by atoms with van der Waals surface area (Å²) in [7, 11) is 0. The minimum absolute atomic E-state index is 0.00696. The number of amides is 1. The Kier molecular flexibility index (Phi) is 5.63. The summed E-state index contributed by atoms with van der Waals surface area (Å²) in [6, 6.07) is -0.840. The number of carboxylic acids is 1. The third-order valence-electron chi connectivity index (χ3n) is 3.31. The second-order valence-electron chi connectivity index (χ2n) is 6.21. The van der Waals surface area contributed by atoms with Crippen LogP contribution in [0.15, 0.2) is 0 Å². The molecule has 0 aromatic carbocycles. The molecule has 0 aromatic rings. The van der Waals surface area contributed by atoms with Crippen molar-refractivity contribution < 1.29 is 19.4 Å². The molecular weight excluding hydrogens is 246 g/mol. The van der Waals surface area contributed by atoms with E-state index in [0.29, 0.717) is 0 Å². The van der Waals surface area contributed by atoms with Crippen LogP contribution in [-0.4, -0.2) is 28.8 Å². The van der Waals surface area contributed by atoms with Gasteiger partial charge in [-0.25, -0.2) is 9.59 Å². The van der Waals surface area contributed by atoms with Gasteiger partial charge >= 0.3 is 12.1 Å². The molecule has 1 aliphatic carbocycles. The van der Waals surface area contributed by atoms with Crippen molar-refractivity contribution in [1.82, 2.24) is 5.32 Å². The van der Waals surface area contributed by atoms with Gasteiger partial charge in [-0.05, 0) is 39.5 Å². The lowest BCUT2D eigenvalue weighted by atomic mass is 9.92. The first-order valence-corrected chi connectivity index (χ1v) is 7.02. The lowest BCUT2D eigenvalue weighted by molar-refractivity contribution is -0.141. The predicted molar refractivity (Wildman–Crippen MR) is 72.0 cm³/mol. The highest BCUT2D eigenvalue weighted by atomic mass is 16.6. The van der Waals surface area contributed by atoms with Crippen LogP contribution in [0, 0.1) is 5.92 Å². The molecular formula is C14H25NO4. The number of hydrogen-bond acceptors (Lipinski definition) is 3. The average Bonchev–Trinajstić information content (AvgIpc) is 2.51. The molecule has 0 unspecified atom stereocenters. The standard InChI is InChI=1S/C14H25NO4/c1-14(2,3)19-13(18)15-11(12(16)17)10-8-6-4-5-7-9-10/h10-11H,4-9H2,1-3H3,(H,15,18)(H,16,17)/t11-/m0/s1. The number of aliphatic carboxylic acids is 1. The molecule has 5 nitrogen and oxygen atoms in total. The van der Waals surface area contributed by atoms with E-state index in [2.05, 4.69) is 5.32 Å². The molecule has 5 heteroatoms. The normalized spacial score (nSPS) is 19.3. The van der Waals surface area contributed by atoms with E-state index in [9.17, 15) is 14.7 Å². The number of hydrogen-bond donors (Lipinski definition) is 2. The molecule has 1 rings (SSSR count). The van der Waals surface area contributed by atoms with Crippen molar-refractivity contribution in [2.75, 3.05) is 0 Å². The van der Waals surface area contributed by atoms with Gasteiger partial charge in [0.25, 0.3) is 0 Å². The van der Waals surface area contributed by atoms with Gasteiger partial charge in [-0.2, -0.15) is 0 Å². The van der Waals surface area contributed by atoms with E-state index < -0.39 is 23.7 Å². The first-order chi connectivity index (χ1) is 8.79. The second kappa shape index (κ2) is 6.78. The van der Waals surface area contributed by atoms with Crippen LogP contribution >= 0.6 is 0 Å². The monoisotopic (exact) mass is 271 g/mol. The zero-order valence-corrected chi connectivity index (χ0v) is 12.1. The van der Waals surface area contributed by atoms with Crippen molar-refractivity contribution in [3.05, 3.63) is 0 Å². The highest BCUT2D eigenvalue weighted by molar-refractivity contribution is 5.80. The maximum Gasteiger partial charge on any atom is 0.408 e. The molecule has 1 fully saturated rings. The fourth-order valence-electron chi connectivity index (χ4n) is 2.46. The Morgan fingerprint density at radius 1 is 1.16 bits per heavy atom. The molecule has 2 N–H and O–H groups in total. The Morgan fingerprint density at radius 2 is 1.68 bits per heavy atom. The smallest absolute Gasteiger partial charge is 0.408 e. The third-order valence-corrected chi connectivity index (χ3v) is 3.31. The zero-order chi connectivity index (χ0) is 14.5. The molecule has 0 heterocycles. The van der Waals surface area contributed by atoms with Gasteiger partial charge in [0.05, 0.1) is 0 Å². The maximum atomic E-state index is 11.7. The highest BCUT2D eigenvalue weighted by Gasteiger charge is 2.31. The number of carbonyl (C=O) groups is 2. The van der Waals surface area contributed by atoms with Crippen molar-refractivity contribution in [2.24, 2.45) is 5.92 Å². The van der Waals surface area contributed by atoms with E-state index in [0.717, 1.165) is 38.5 Å². The van der Waals surface area contributed by atoms with Gasteiger partial charge in [0.2, 0.25) is 0 Å². The quantitative estimate of drug-likeness (QED) is 0.774. The first kappa shape index (κ1) is 15.8. The average molecular weight is 271 g/mol. The molecule has 19 heavy (non-hydrogen) atoms. The molecule has 0 spiro atoms. The zero-order valence-electron chi connectivity index (χ0n) is 12.1. The van der Waals surface area contributed by atoms with Crippen molar-refractivity contribution in [3.8, 4) is 0 Å². The van der Waals surface area contributed by atoms with E-state index in [-0.39, 0.29) is 5.92 Å². The summed E-state index contributed by atoms with van der Waals surface area (Å²) in [5.41, 5.74) is -0.614. The Bertz CT molecular complexity index is 314. The van der Waals surface area contributed by atoms with E-state index >= 15 is 0 Å². The molecule has 1 aliphatic rings. The number of ether oxygens (including phenoxy) is 1. The molecule has 0 aliphatic heterocycles.